The summed E-state index contributed by atoms with van der Waals surface area (Å²) in [6.45, 7) is 20.7. The molecule has 0 N–H and O–H groups in total. The number of benzene rings is 10. The van der Waals surface area contributed by atoms with Crippen LogP contribution in [0.15, 0.2) is 249 Å². The lowest BCUT2D eigenvalue weighted by Crippen LogP contribution is -2.11. The molecule has 366 valence electrons. The largest absolute Gasteiger partial charge is 0.311 e. The van der Waals surface area contributed by atoms with E-state index in [4.69, 9.17) is 0 Å². The maximum Gasteiger partial charge on any atom is 0.0462 e. The summed E-state index contributed by atoms with van der Waals surface area (Å²) in [7, 11) is 0. The van der Waals surface area contributed by atoms with Gasteiger partial charge in [0.05, 0.1) is 0 Å². The van der Waals surface area contributed by atoms with E-state index < -0.39 is 0 Å². The Morgan fingerprint density at radius 3 is 0.676 bits per heavy atom. The average Bonchev–Trinajstić information content (AvgIpc) is 3.42. The van der Waals surface area contributed by atoms with Crippen LogP contribution in [0.5, 0.6) is 0 Å². The minimum atomic E-state index is -0.00692. The van der Waals surface area contributed by atoms with E-state index in [1.165, 1.54) is 61.2 Å². The van der Waals surface area contributed by atoms with E-state index >= 15 is 0 Å². The molecular formula is C72H68N2. The third kappa shape index (κ3) is 10.4. The van der Waals surface area contributed by atoms with Crippen molar-refractivity contribution in [2.24, 2.45) is 0 Å². The second-order valence-corrected chi connectivity index (χ2v) is 22.7. The molecule has 0 saturated carbocycles. The van der Waals surface area contributed by atoms with Crippen molar-refractivity contribution in [2.75, 3.05) is 9.80 Å². The summed E-state index contributed by atoms with van der Waals surface area (Å²) < 4.78 is 0. The van der Waals surface area contributed by atoms with Crippen molar-refractivity contribution in [2.45, 2.75) is 78.6 Å². The molecule has 0 heterocycles. The van der Waals surface area contributed by atoms with Gasteiger partial charge in [0.1, 0.15) is 0 Å². The van der Waals surface area contributed by atoms with E-state index in [9.17, 15) is 0 Å². The van der Waals surface area contributed by atoms with Crippen LogP contribution in [0, 0.1) is 0 Å². The fourth-order valence-electron chi connectivity index (χ4n) is 10.2. The highest BCUT2D eigenvalue weighted by molar-refractivity contribution is 6.07. The minimum absolute atomic E-state index is 0.00122. The van der Waals surface area contributed by atoms with Gasteiger partial charge >= 0.3 is 0 Å². The zero-order valence-electron chi connectivity index (χ0n) is 44.6. The zero-order chi connectivity index (χ0) is 51.6. The lowest BCUT2D eigenvalue weighted by molar-refractivity contribution is 0.590. The molecule has 2 heteroatoms. The summed E-state index contributed by atoms with van der Waals surface area (Å²) in [5, 5.41) is 0. The van der Waals surface area contributed by atoms with Gasteiger partial charge in [-0.2, -0.15) is 0 Å². The Bertz CT molecular complexity index is 3160. The van der Waals surface area contributed by atoms with Gasteiger partial charge in [-0.1, -0.05) is 232 Å². The number of hydrogen-bond donors (Lipinski definition) is 0. The quantitative estimate of drug-likeness (QED) is 0.127. The SMILES string of the molecule is CC(C)(C)c1ccc(-c2c(-c3ccc(N(c4ccccc4)c4ccccc4)cc3)cc(-c3ccc(N(c4ccccc4)c4ccccc4)cc3)c(-c3ccc(C(C)(C)C)cc3)c2-c2ccc(C(C)(C)C)cc2)cc1. The molecule has 0 aliphatic carbocycles. The lowest BCUT2D eigenvalue weighted by atomic mass is 9.77. The molecule has 2 nitrogen and oxygen atoms in total. The molecule has 0 bridgehead atoms. The van der Waals surface area contributed by atoms with Crippen LogP contribution >= 0.6 is 0 Å². The van der Waals surface area contributed by atoms with Gasteiger partial charge in [0.15, 0.2) is 0 Å². The van der Waals surface area contributed by atoms with Gasteiger partial charge in [-0.15, -0.1) is 0 Å². The monoisotopic (exact) mass is 961 g/mol. The van der Waals surface area contributed by atoms with Crippen molar-refractivity contribution < 1.29 is 0 Å². The Labute approximate surface area is 441 Å². The first kappa shape index (κ1) is 49.4. The van der Waals surface area contributed by atoms with Crippen LogP contribution in [0.4, 0.5) is 34.1 Å². The van der Waals surface area contributed by atoms with E-state index in [2.05, 4.69) is 321 Å². The molecule has 0 radical (unpaired) electrons. The van der Waals surface area contributed by atoms with Crippen LogP contribution in [0.2, 0.25) is 0 Å². The molecule has 0 spiro atoms. The van der Waals surface area contributed by atoms with Gasteiger partial charge in [-0.05, 0) is 167 Å². The van der Waals surface area contributed by atoms with Gasteiger partial charge in [0, 0.05) is 34.1 Å². The fourth-order valence-corrected chi connectivity index (χ4v) is 10.2. The first-order valence-corrected chi connectivity index (χ1v) is 26.2. The van der Waals surface area contributed by atoms with Crippen LogP contribution in [0.1, 0.15) is 79.0 Å². The van der Waals surface area contributed by atoms with E-state index in [1.54, 1.807) is 0 Å². The Kier molecular flexibility index (Phi) is 13.6. The van der Waals surface area contributed by atoms with Gasteiger partial charge in [-0.25, -0.2) is 0 Å². The van der Waals surface area contributed by atoms with Crippen LogP contribution in [-0.4, -0.2) is 0 Å². The minimum Gasteiger partial charge on any atom is -0.311 e. The Morgan fingerprint density at radius 2 is 0.432 bits per heavy atom. The number of anilines is 6. The normalized spacial score (nSPS) is 11.9. The highest BCUT2D eigenvalue weighted by Gasteiger charge is 2.27. The van der Waals surface area contributed by atoms with E-state index in [1.807, 2.05) is 0 Å². The molecular weight excluding hydrogens is 893 g/mol. The van der Waals surface area contributed by atoms with Crippen molar-refractivity contribution in [1.29, 1.82) is 0 Å². The zero-order valence-corrected chi connectivity index (χ0v) is 44.6. The van der Waals surface area contributed by atoms with E-state index in [-0.39, 0.29) is 16.2 Å². The summed E-state index contributed by atoms with van der Waals surface area (Å²) in [5.41, 5.74) is 22.3. The summed E-state index contributed by atoms with van der Waals surface area (Å²) in [6, 6.07) is 91.8. The van der Waals surface area contributed by atoms with Gasteiger partial charge in [0.2, 0.25) is 0 Å². The summed E-state index contributed by atoms with van der Waals surface area (Å²) in [5.74, 6) is 0. The average molecular weight is 961 g/mol. The van der Waals surface area contributed by atoms with Crippen molar-refractivity contribution >= 4 is 34.1 Å². The predicted octanol–water partition coefficient (Wildman–Crippen LogP) is 20.9. The first-order chi connectivity index (χ1) is 35.6. The summed E-state index contributed by atoms with van der Waals surface area (Å²) in [6.07, 6.45) is 0. The number of para-hydroxylation sites is 4. The summed E-state index contributed by atoms with van der Waals surface area (Å²) >= 11 is 0. The second-order valence-electron chi connectivity index (χ2n) is 22.7. The molecule has 0 amide bonds. The molecule has 0 saturated heterocycles. The maximum atomic E-state index is 2.48. The number of nitrogens with zero attached hydrogens (tertiary/aromatic N) is 2. The molecule has 10 aromatic carbocycles. The van der Waals surface area contributed by atoms with Crippen molar-refractivity contribution in [3.8, 4) is 55.6 Å². The number of rotatable bonds is 11. The van der Waals surface area contributed by atoms with Crippen molar-refractivity contribution in [3.05, 3.63) is 265 Å². The molecule has 74 heavy (non-hydrogen) atoms. The fraction of sp³-hybridized carbons (Fsp3) is 0.167. The molecule has 10 rings (SSSR count). The second kappa shape index (κ2) is 20.4. The molecule has 0 aliphatic rings. The molecule has 0 atom stereocenters. The Hall–Kier alpha value is -8.20. The van der Waals surface area contributed by atoms with Gasteiger partial charge in [-0.3, -0.25) is 0 Å². The van der Waals surface area contributed by atoms with Gasteiger partial charge in [0.25, 0.3) is 0 Å². The first-order valence-electron chi connectivity index (χ1n) is 26.2. The molecule has 10 aromatic rings. The third-order valence-corrected chi connectivity index (χ3v) is 14.4. The lowest BCUT2D eigenvalue weighted by Gasteiger charge is -2.28. The smallest absolute Gasteiger partial charge is 0.0462 e. The van der Waals surface area contributed by atoms with Crippen LogP contribution in [-0.2, 0) is 16.2 Å². The molecule has 0 aromatic heterocycles. The highest BCUT2D eigenvalue weighted by Crippen LogP contribution is 2.52. The maximum absolute atomic E-state index is 2.48. The topological polar surface area (TPSA) is 6.48 Å². The summed E-state index contributed by atoms with van der Waals surface area (Å²) in [4.78, 5) is 4.67. The Balaban J connectivity index is 1.27. The van der Waals surface area contributed by atoms with Crippen LogP contribution < -0.4 is 9.80 Å². The van der Waals surface area contributed by atoms with E-state index in [0.29, 0.717) is 0 Å². The predicted molar refractivity (Wildman–Crippen MR) is 319 cm³/mol. The Morgan fingerprint density at radius 1 is 0.216 bits per heavy atom. The van der Waals surface area contributed by atoms with Crippen molar-refractivity contribution in [1.82, 2.24) is 0 Å². The van der Waals surface area contributed by atoms with E-state index in [0.717, 1.165) is 45.3 Å². The van der Waals surface area contributed by atoms with Crippen LogP contribution in [0.3, 0.4) is 0 Å². The number of hydrogen-bond acceptors (Lipinski definition) is 2. The van der Waals surface area contributed by atoms with Crippen LogP contribution in [0.25, 0.3) is 55.6 Å². The van der Waals surface area contributed by atoms with Crippen molar-refractivity contribution in [3.63, 3.8) is 0 Å². The highest BCUT2D eigenvalue weighted by atomic mass is 15.1. The van der Waals surface area contributed by atoms with Gasteiger partial charge < -0.3 is 9.80 Å². The third-order valence-electron chi connectivity index (χ3n) is 14.4. The standard InChI is InChI=1S/C72H68N2/c1-70(2,3)56-40-30-53(31-41-56)67-65(51-36-46-63(47-37-51)73(59-22-14-10-15-23-59)60-24-16-11-17-25-60)50-66(52-38-48-64(49-39-52)74(61-26-18-12-19-27-61)62-28-20-13-21-29-62)68(54-32-42-57(43-33-54)71(4,5)6)69(67)55-34-44-58(45-35-55)72(7,8)9/h10-50H,1-9H3. The molecule has 0 unspecified atom stereocenters. The molecule has 0 fully saturated rings. The molecule has 0 aliphatic heterocycles.